The van der Waals surface area contributed by atoms with Gasteiger partial charge in [0.2, 0.25) is 0 Å². The third-order valence-electron chi connectivity index (χ3n) is 2.80. The molecule has 1 heterocycles. The van der Waals surface area contributed by atoms with E-state index in [0.29, 0.717) is 6.54 Å². The highest BCUT2D eigenvalue weighted by molar-refractivity contribution is 6.33. The van der Waals surface area contributed by atoms with Crippen molar-refractivity contribution in [2.45, 2.75) is 12.8 Å². The SMILES string of the molecule is O=C(NCC1(CO)CC1)c1ncncc1Cl. The molecular formula is C10H12ClN3O2. The average molecular weight is 242 g/mol. The van der Waals surface area contributed by atoms with E-state index in [9.17, 15) is 4.79 Å². The number of halogens is 1. The number of rotatable bonds is 4. The van der Waals surface area contributed by atoms with Gasteiger partial charge in [0, 0.05) is 18.2 Å². The molecule has 0 spiro atoms. The fraction of sp³-hybridized carbons (Fsp3) is 0.500. The Labute approximate surface area is 97.9 Å². The van der Waals surface area contributed by atoms with E-state index < -0.39 is 0 Å². The van der Waals surface area contributed by atoms with Crippen molar-refractivity contribution in [3.8, 4) is 0 Å². The Morgan fingerprint density at radius 3 is 2.94 bits per heavy atom. The quantitative estimate of drug-likeness (QED) is 0.811. The summed E-state index contributed by atoms with van der Waals surface area (Å²) in [5, 5.41) is 12.0. The topological polar surface area (TPSA) is 75.1 Å². The van der Waals surface area contributed by atoms with Crippen LogP contribution in [0, 0.1) is 5.41 Å². The molecule has 0 bridgehead atoms. The molecule has 2 N–H and O–H groups in total. The fourth-order valence-electron chi connectivity index (χ4n) is 1.40. The third kappa shape index (κ3) is 2.31. The van der Waals surface area contributed by atoms with E-state index in [1.165, 1.54) is 12.5 Å². The maximum Gasteiger partial charge on any atom is 0.271 e. The molecule has 0 unspecified atom stereocenters. The number of hydrogen-bond donors (Lipinski definition) is 2. The van der Waals surface area contributed by atoms with Gasteiger partial charge in [0.15, 0.2) is 0 Å². The van der Waals surface area contributed by atoms with Crippen LogP contribution in [-0.4, -0.2) is 34.1 Å². The fourth-order valence-corrected chi connectivity index (χ4v) is 1.59. The Bertz CT molecular complexity index is 407. The van der Waals surface area contributed by atoms with Gasteiger partial charge in [0.25, 0.3) is 5.91 Å². The van der Waals surface area contributed by atoms with Gasteiger partial charge in [-0.2, -0.15) is 0 Å². The van der Waals surface area contributed by atoms with Crippen molar-refractivity contribution in [3.05, 3.63) is 23.2 Å². The minimum atomic E-state index is -0.327. The second-order valence-electron chi connectivity index (χ2n) is 4.06. The molecule has 16 heavy (non-hydrogen) atoms. The van der Waals surface area contributed by atoms with E-state index in [4.69, 9.17) is 16.7 Å². The number of nitrogens with one attached hydrogen (secondary N) is 1. The minimum Gasteiger partial charge on any atom is -0.396 e. The number of aliphatic hydroxyl groups is 1. The highest BCUT2D eigenvalue weighted by Crippen LogP contribution is 2.44. The van der Waals surface area contributed by atoms with Gasteiger partial charge in [-0.05, 0) is 12.8 Å². The van der Waals surface area contributed by atoms with Gasteiger partial charge in [0.1, 0.15) is 12.0 Å². The normalized spacial score (nSPS) is 16.9. The van der Waals surface area contributed by atoms with E-state index in [0.717, 1.165) is 12.8 Å². The lowest BCUT2D eigenvalue weighted by Crippen LogP contribution is -2.32. The zero-order chi connectivity index (χ0) is 11.6. The lowest BCUT2D eigenvalue weighted by atomic mass is 10.1. The molecule has 1 aromatic heterocycles. The zero-order valence-corrected chi connectivity index (χ0v) is 9.37. The van der Waals surface area contributed by atoms with Gasteiger partial charge in [-0.3, -0.25) is 4.79 Å². The van der Waals surface area contributed by atoms with E-state index in [-0.39, 0.29) is 28.6 Å². The summed E-state index contributed by atoms with van der Waals surface area (Å²) in [5.74, 6) is -0.327. The standard InChI is InChI=1S/C10H12ClN3O2/c11-7-3-12-6-14-8(7)9(16)13-4-10(5-15)1-2-10/h3,6,15H,1-2,4-5H2,(H,13,16). The van der Waals surface area contributed by atoms with E-state index >= 15 is 0 Å². The highest BCUT2D eigenvalue weighted by Gasteiger charge is 2.42. The van der Waals surface area contributed by atoms with Crippen molar-refractivity contribution in [1.29, 1.82) is 0 Å². The van der Waals surface area contributed by atoms with E-state index in [2.05, 4.69) is 15.3 Å². The third-order valence-corrected chi connectivity index (χ3v) is 3.08. The molecule has 1 aliphatic rings. The molecule has 0 atom stereocenters. The van der Waals surface area contributed by atoms with Crippen LogP contribution < -0.4 is 5.32 Å². The van der Waals surface area contributed by atoms with Crippen LogP contribution in [0.25, 0.3) is 0 Å². The number of aromatic nitrogens is 2. The van der Waals surface area contributed by atoms with Crippen molar-refractivity contribution >= 4 is 17.5 Å². The zero-order valence-electron chi connectivity index (χ0n) is 8.61. The lowest BCUT2D eigenvalue weighted by Gasteiger charge is -2.12. The van der Waals surface area contributed by atoms with Crippen molar-refractivity contribution in [1.82, 2.24) is 15.3 Å². The number of carbonyl (C=O) groups excluding carboxylic acids is 1. The Morgan fingerprint density at radius 1 is 1.62 bits per heavy atom. The van der Waals surface area contributed by atoms with Gasteiger partial charge in [-0.1, -0.05) is 11.6 Å². The van der Waals surface area contributed by atoms with Gasteiger partial charge in [0.05, 0.1) is 11.6 Å². The average Bonchev–Trinajstić information content (AvgIpc) is 3.07. The Morgan fingerprint density at radius 2 is 2.38 bits per heavy atom. The van der Waals surface area contributed by atoms with Crippen LogP contribution in [0.1, 0.15) is 23.3 Å². The molecule has 1 aromatic rings. The first-order valence-corrected chi connectivity index (χ1v) is 5.39. The molecule has 6 heteroatoms. The van der Waals surface area contributed by atoms with Crippen molar-refractivity contribution < 1.29 is 9.90 Å². The predicted octanol–water partition coefficient (Wildman–Crippen LogP) is 0.632. The number of aliphatic hydroxyl groups excluding tert-OH is 1. The highest BCUT2D eigenvalue weighted by atomic mass is 35.5. The summed E-state index contributed by atoms with van der Waals surface area (Å²) < 4.78 is 0. The molecule has 1 aliphatic carbocycles. The number of hydrogen-bond acceptors (Lipinski definition) is 4. The summed E-state index contributed by atoms with van der Waals surface area (Å²) in [6.07, 6.45) is 4.55. The molecule has 0 radical (unpaired) electrons. The molecular weight excluding hydrogens is 230 g/mol. The summed E-state index contributed by atoms with van der Waals surface area (Å²) in [6, 6.07) is 0. The van der Waals surface area contributed by atoms with Crippen LogP contribution in [0.15, 0.2) is 12.5 Å². The first-order chi connectivity index (χ1) is 7.67. The summed E-state index contributed by atoms with van der Waals surface area (Å²) in [5.41, 5.74) is 0.0558. The molecule has 2 rings (SSSR count). The molecule has 1 fully saturated rings. The molecule has 0 saturated heterocycles. The Balaban J connectivity index is 1.96. The first kappa shape index (κ1) is 11.3. The monoisotopic (exact) mass is 241 g/mol. The van der Waals surface area contributed by atoms with Crippen LogP contribution in [-0.2, 0) is 0 Å². The largest absolute Gasteiger partial charge is 0.396 e. The van der Waals surface area contributed by atoms with Crippen molar-refractivity contribution in [2.75, 3.05) is 13.2 Å². The van der Waals surface area contributed by atoms with Crippen molar-refractivity contribution in [2.24, 2.45) is 5.41 Å². The smallest absolute Gasteiger partial charge is 0.271 e. The number of carbonyl (C=O) groups is 1. The van der Waals surface area contributed by atoms with Crippen LogP contribution >= 0.6 is 11.6 Å². The summed E-state index contributed by atoms with van der Waals surface area (Å²) in [4.78, 5) is 19.2. The number of amides is 1. The molecule has 1 saturated carbocycles. The summed E-state index contributed by atoms with van der Waals surface area (Å²) in [6.45, 7) is 0.563. The Kier molecular flexibility index (Phi) is 3.07. The molecule has 0 aromatic carbocycles. The van der Waals surface area contributed by atoms with Gasteiger partial charge in [-0.25, -0.2) is 9.97 Å². The minimum absolute atomic E-state index is 0.102. The molecule has 0 aliphatic heterocycles. The maximum atomic E-state index is 11.7. The summed E-state index contributed by atoms with van der Waals surface area (Å²) >= 11 is 5.78. The van der Waals surface area contributed by atoms with Gasteiger partial charge < -0.3 is 10.4 Å². The summed E-state index contributed by atoms with van der Waals surface area (Å²) in [7, 11) is 0. The molecule has 86 valence electrons. The number of nitrogens with zero attached hydrogens (tertiary/aromatic N) is 2. The first-order valence-electron chi connectivity index (χ1n) is 5.01. The second-order valence-corrected chi connectivity index (χ2v) is 4.47. The van der Waals surface area contributed by atoms with Gasteiger partial charge in [-0.15, -0.1) is 0 Å². The molecule has 5 nitrogen and oxygen atoms in total. The van der Waals surface area contributed by atoms with Crippen LogP contribution in [0.3, 0.4) is 0 Å². The van der Waals surface area contributed by atoms with Gasteiger partial charge >= 0.3 is 0 Å². The van der Waals surface area contributed by atoms with Crippen LogP contribution in [0.5, 0.6) is 0 Å². The van der Waals surface area contributed by atoms with Crippen LogP contribution in [0.2, 0.25) is 5.02 Å². The van der Waals surface area contributed by atoms with Crippen molar-refractivity contribution in [3.63, 3.8) is 0 Å². The maximum absolute atomic E-state index is 11.7. The molecule has 1 amide bonds. The Hall–Kier alpha value is -1.20. The predicted molar refractivity (Wildman–Crippen MR) is 58.1 cm³/mol. The second kappa shape index (κ2) is 4.35. The van der Waals surface area contributed by atoms with E-state index in [1.54, 1.807) is 0 Å². The van der Waals surface area contributed by atoms with E-state index in [1.807, 2.05) is 0 Å². The van der Waals surface area contributed by atoms with Crippen LogP contribution in [0.4, 0.5) is 0 Å². The lowest BCUT2D eigenvalue weighted by molar-refractivity contribution is 0.0930.